The van der Waals surface area contributed by atoms with Crippen LogP contribution in [-0.4, -0.2) is 40.3 Å². The van der Waals surface area contributed by atoms with Crippen LogP contribution in [0, 0.1) is 5.82 Å². The third-order valence-corrected chi connectivity index (χ3v) is 5.69. The fourth-order valence-corrected chi connectivity index (χ4v) is 3.83. The summed E-state index contributed by atoms with van der Waals surface area (Å²) in [6.45, 7) is 1.63. The van der Waals surface area contributed by atoms with Crippen molar-refractivity contribution in [3.8, 4) is 5.75 Å². The number of aromatic nitrogens is 3. The molecule has 1 saturated heterocycles. The summed E-state index contributed by atoms with van der Waals surface area (Å²) in [5.41, 5.74) is 1.17. The lowest BCUT2D eigenvalue weighted by Gasteiger charge is -2.38. The number of hydrogen-bond donors (Lipinski definition) is 1. The molecule has 1 aliphatic heterocycles. The minimum atomic E-state index is -3.13. The van der Waals surface area contributed by atoms with Crippen LogP contribution < -0.4 is 10.1 Å². The van der Waals surface area contributed by atoms with E-state index in [-0.39, 0.29) is 11.5 Å². The van der Waals surface area contributed by atoms with Crippen LogP contribution in [0.25, 0.3) is 5.65 Å². The van der Waals surface area contributed by atoms with Crippen LogP contribution in [0.15, 0.2) is 36.8 Å². The molecule has 0 aliphatic carbocycles. The lowest BCUT2D eigenvalue weighted by Crippen LogP contribution is -2.49. The molecule has 1 amide bonds. The molecule has 10 heteroatoms. The SMILES string of the molecule is CC(C)c1cnc2c(C(=O)NC3(c4ccc(OC(F)F)c(F)c4)CCOCC3)cnn2c1. The van der Waals surface area contributed by atoms with Crippen molar-refractivity contribution in [3.63, 3.8) is 0 Å². The lowest BCUT2D eigenvalue weighted by atomic mass is 9.82. The molecule has 0 saturated carbocycles. The van der Waals surface area contributed by atoms with Crippen LogP contribution >= 0.6 is 0 Å². The predicted molar refractivity (Wildman–Crippen MR) is 109 cm³/mol. The number of nitrogens with zero attached hydrogens (tertiary/aromatic N) is 3. The molecule has 0 atom stereocenters. The number of carbonyl (C=O) groups excluding carboxylic acids is 1. The van der Waals surface area contributed by atoms with E-state index in [2.05, 4.69) is 20.1 Å². The molecule has 1 fully saturated rings. The van der Waals surface area contributed by atoms with Gasteiger partial charge in [0, 0.05) is 25.6 Å². The average Bonchev–Trinajstić information content (AvgIpc) is 3.19. The van der Waals surface area contributed by atoms with Gasteiger partial charge in [0.05, 0.1) is 11.7 Å². The van der Waals surface area contributed by atoms with Crippen molar-refractivity contribution in [1.29, 1.82) is 0 Å². The Morgan fingerprint density at radius 1 is 1.25 bits per heavy atom. The van der Waals surface area contributed by atoms with E-state index in [0.717, 1.165) is 17.7 Å². The Morgan fingerprint density at radius 2 is 2.00 bits per heavy atom. The summed E-state index contributed by atoms with van der Waals surface area (Å²) in [6, 6.07) is 3.74. The molecule has 0 unspecified atom stereocenters. The van der Waals surface area contributed by atoms with E-state index in [9.17, 15) is 18.0 Å². The van der Waals surface area contributed by atoms with Gasteiger partial charge in [-0.25, -0.2) is 13.9 Å². The molecule has 1 aromatic carbocycles. The number of ether oxygens (including phenoxy) is 2. The summed E-state index contributed by atoms with van der Waals surface area (Å²) in [4.78, 5) is 17.6. The summed E-state index contributed by atoms with van der Waals surface area (Å²) in [5.74, 6) is -1.64. The van der Waals surface area contributed by atoms with Gasteiger partial charge in [0.1, 0.15) is 5.56 Å². The minimum Gasteiger partial charge on any atom is -0.432 e. The van der Waals surface area contributed by atoms with Crippen molar-refractivity contribution in [2.75, 3.05) is 13.2 Å². The number of amides is 1. The maximum Gasteiger partial charge on any atom is 0.387 e. The molecular formula is C22H23F3N4O3. The number of hydrogen-bond acceptors (Lipinski definition) is 5. The van der Waals surface area contributed by atoms with Crippen molar-refractivity contribution in [3.05, 3.63) is 59.3 Å². The molecule has 2 aromatic heterocycles. The zero-order valence-corrected chi connectivity index (χ0v) is 17.6. The van der Waals surface area contributed by atoms with E-state index < -0.39 is 29.6 Å². The van der Waals surface area contributed by atoms with Gasteiger partial charge in [0.25, 0.3) is 5.91 Å². The molecule has 3 heterocycles. The van der Waals surface area contributed by atoms with E-state index in [1.807, 2.05) is 20.0 Å². The third kappa shape index (κ3) is 4.27. The molecule has 1 N–H and O–H groups in total. The standard InChI is InChI=1S/C22H23F3N4O3/c1-13(2)14-10-26-19-16(11-27-29(19)12-14)20(30)28-22(5-7-31-8-6-22)15-3-4-18(17(23)9-15)32-21(24)25/h3-4,9-13,21H,5-8H2,1-2H3,(H,28,30). The van der Waals surface area contributed by atoms with Gasteiger partial charge in [-0.2, -0.15) is 13.9 Å². The lowest BCUT2D eigenvalue weighted by molar-refractivity contribution is -0.0522. The number of halogens is 3. The first-order chi connectivity index (χ1) is 15.3. The highest BCUT2D eigenvalue weighted by molar-refractivity contribution is 6.00. The summed E-state index contributed by atoms with van der Waals surface area (Å²) in [6.07, 6.45) is 5.74. The maximum atomic E-state index is 14.4. The molecule has 7 nitrogen and oxygen atoms in total. The molecule has 3 aromatic rings. The molecule has 1 aliphatic rings. The molecule has 0 spiro atoms. The van der Waals surface area contributed by atoms with E-state index >= 15 is 0 Å². The molecule has 0 radical (unpaired) electrons. The first kappa shape index (κ1) is 22.1. The molecule has 0 bridgehead atoms. The minimum absolute atomic E-state index is 0.255. The Bertz CT molecular complexity index is 1130. The molecule has 32 heavy (non-hydrogen) atoms. The van der Waals surface area contributed by atoms with Crippen LogP contribution in [0.5, 0.6) is 5.75 Å². The first-order valence-electron chi connectivity index (χ1n) is 10.3. The van der Waals surface area contributed by atoms with Crippen LogP contribution in [-0.2, 0) is 10.3 Å². The van der Waals surface area contributed by atoms with Crippen molar-refractivity contribution in [2.45, 2.75) is 44.8 Å². The zero-order valence-electron chi connectivity index (χ0n) is 17.6. The third-order valence-electron chi connectivity index (χ3n) is 5.69. The Hall–Kier alpha value is -3.14. The summed E-state index contributed by atoms with van der Waals surface area (Å²) in [7, 11) is 0. The highest BCUT2D eigenvalue weighted by atomic mass is 19.3. The fraction of sp³-hybridized carbons (Fsp3) is 0.409. The van der Waals surface area contributed by atoms with Gasteiger partial charge in [-0.05, 0) is 42.0 Å². The van der Waals surface area contributed by atoms with Gasteiger partial charge in [-0.1, -0.05) is 19.9 Å². The van der Waals surface area contributed by atoms with Crippen LogP contribution in [0.3, 0.4) is 0 Å². The fourth-order valence-electron chi connectivity index (χ4n) is 3.83. The van der Waals surface area contributed by atoms with Crippen molar-refractivity contribution in [2.24, 2.45) is 0 Å². The second kappa shape index (κ2) is 8.78. The van der Waals surface area contributed by atoms with Gasteiger partial charge in [-0.15, -0.1) is 0 Å². The van der Waals surface area contributed by atoms with Crippen LogP contribution in [0.2, 0.25) is 0 Å². The van der Waals surface area contributed by atoms with E-state index in [4.69, 9.17) is 4.74 Å². The highest BCUT2D eigenvalue weighted by Crippen LogP contribution is 2.35. The van der Waals surface area contributed by atoms with Crippen molar-refractivity contribution in [1.82, 2.24) is 19.9 Å². The maximum absolute atomic E-state index is 14.4. The van der Waals surface area contributed by atoms with Gasteiger partial charge < -0.3 is 14.8 Å². The van der Waals surface area contributed by atoms with Crippen molar-refractivity contribution >= 4 is 11.6 Å². The zero-order chi connectivity index (χ0) is 22.9. The first-order valence-corrected chi connectivity index (χ1v) is 10.3. The van der Waals surface area contributed by atoms with E-state index in [1.165, 1.54) is 12.3 Å². The van der Waals surface area contributed by atoms with Gasteiger partial charge in [0.15, 0.2) is 17.2 Å². The van der Waals surface area contributed by atoms with Gasteiger partial charge in [0.2, 0.25) is 0 Å². The number of alkyl halides is 2. The Kier molecular flexibility index (Phi) is 6.05. The normalized spacial score (nSPS) is 16.0. The van der Waals surface area contributed by atoms with Crippen LogP contribution in [0.4, 0.5) is 13.2 Å². The number of benzene rings is 1. The van der Waals surface area contributed by atoms with E-state index in [1.54, 1.807) is 10.7 Å². The Balaban J connectivity index is 1.65. The highest BCUT2D eigenvalue weighted by Gasteiger charge is 2.37. The summed E-state index contributed by atoms with van der Waals surface area (Å²) < 4.78 is 50.6. The summed E-state index contributed by atoms with van der Waals surface area (Å²) >= 11 is 0. The number of rotatable bonds is 6. The quantitative estimate of drug-likeness (QED) is 0.616. The van der Waals surface area contributed by atoms with Gasteiger partial charge >= 0.3 is 6.61 Å². The number of fused-ring (bicyclic) bond motifs is 1. The van der Waals surface area contributed by atoms with Gasteiger partial charge in [-0.3, -0.25) is 4.79 Å². The molecule has 4 rings (SSSR count). The topological polar surface area (TPSA) is 77.8 Å². The largest absolute Gasteiger partial charge is 0.432 e. The number of nitrogens with one attached hydrogen (secondary N) is 1. The average molecular weight is 448 g/mol. The van der Waals surface area contributed by atoms with E-state index in [0.29, 0.717) is 37.3 Å². The monoisotopic (exact) mass is 448 g/mol. The smallest absolute Gasteiger partial charge is 0.387 e. The van der Waals surface area contributed by atoms with Crippen molar-refractivity contribution < 1.29 is 27.4 Å². The second-order valence-corrected chi connectivity index (χ2v) is 8.04. The molecule has 170 valence electrons. The summed E-state index contributed by atoms with van der Waals surface area (Å²) in [5, 5.41) is 7.25. The second-order valence-electron chi connectivity index (χ2n) is 8.04. The Morgan fingerprint density at radius 3 is 2.66 bits per heavy atom. The number of carbonyl (C=O) groups is 1. The Labute approximate surface area is 182 Å². The predicted octanol–water partition coefficient (Wildman–Crippen LogP) is 4.03. The van der Waals surface area contributed by atoms with Crippen LogP contribution in [0.1, 0.15) is 54.1 Å². The molecular weight excluding hydrogens is 425 g/mol.